The average Bonchev–Trinajstić information content (AvgIpc) is 2.67. The highest BCUT2D eigenvalue weighted by atomic mass is 16.5. The van der Waals surface area contributed by atoms with Gasteiger partial charge in [0.2, 0.25) is 5.91 Å². The van der Waals surface area contributed by atoms with Gasteiger partial charge in [-0.25, -0.2) is 0 Å². The standard InChI is InChI=1S/C14H28N2O2/c1-5-8-11(10-18-4)16-13(7-3)15-12(9-6-2)14(16)17/h11-13,15H,5-10H2,1-4H3. The Kier molecular flexibility index (Phi) is 6.65. The quantitative estimate of drug-likeness (QED) is 0.723. The number of carbonyl (C=O) groups excluding carboxylic acids is 1. The Hall–Kier alpha value is -0.610. The fraction of sp³-hybridized carbons (Fsp3) is 0.929. The molecule has 1 rings (SSSR count). The number of methoxy groups -OCH3 is 1. The van der Waals surface area contributed by atoms with Crippen molar-refractivity contribution >= 4 is 5.91 Å². The highest BCUT2D eigenvalue weighted by Gasteiger charge is 2.40. The summed E-state index contributed by atoms with van der Waals surface area (Å²) in [6.45, 7) is 7.04. The first-order valence-electron chi connectivity index (χ1n) is 7.26. The minimum Gasteiger partial charge on any atom is -0.383 e. The number of ether oxygens (including phenoxy) is 1. The second-order valence-corrected chi connectivity index (χ2v) is 5.08. The molecule has 3 atom stereocenters. The molecule has 106 valence electrons. The van der Waals surface area contributed by atoms with Gasteiger partial charge in [-0.1, -0.05) is 33.6 Å². The van der Waals surface area contributed by atoms with Crippen LogP contribution >= 0.6 is 0 Å². The minimum absolute atomic E-state index is 0.0103. The van der Waals surface area contributed by atoms with Gasteiger partial charge in [0, 0.05) is 7.11 Å². The molecule has 1 aliphatic heterocycles. The molecule has 1 saturated heterocycles. The Morgan fingerprint density at radius 1 is 1.33 bits per heavy atom. The van der Waals surface area contributed by atoms with Crippen LogP contribution in [0.25, 0.3) is 0 Å². The summed E-state index contributed by atoms with van der Waals surface area (Å²) < 4.78 is 5.28. The lowest BCUT2D eigenvalue weighted by atomic mass is 10.1. The Morgan fingerprint density at radius 3 is 2.56 bits per heavy atom. The second-order valence-electron chi connectivity index (χ2n) is 5.08. The van der Waals surface area contributed by atoms with Gasteiger partial charge in [-0.15, -0.1) is 0 Å². The van der Waals surface area contributed by atoms with Crippen molar-refractivity contribution in [1.82, 2.24) is 10.2 Å². The molecule has 0 aromatic rings. The van der Waals surface area contributed by atoms with Crippen LogP contribution in [0.1, 0.15) is 52.9 Å². The van der Waals surface area contributed by atoms with Gasteiger partial charge in [0.1, 0.15) is 0 Å². The zero-order valence-corrected chi connectivity index (χ0v) is 12.2. The number of nitrogens with zero attached hydrogens (tertiary/aromatic N) is 1. The fourth-order valence-electron chi connectivity index (χ4n) is 2.79. The molecule has 4 nitrogen and oxygen atoms in total. The normalized spacial score (nSPS) is 25.8. The van der Waals surface area contributed by atoms with E-state index < -0.39 is 0 Å². The molecule has 0 saturated carbocycles. The van der Waals surface area contributed by atoms with Crippen molar-refractivity contribution in [2.45, 2.75) is 71.1 Å². The summed E-state index contributed by atoms with van der Waals surface area (Å²) in [5, 5.41) is 3.46. The fourth-order valence-corrected chi connectivity index (χ4v) is 2.79. The third-order valence-corrected chi connectivity index (χ3v) is 3.62. The zero-order valence-electron chi connectivity index (χ0n) is 12.2. The first-order valence-corrected chi connectivity index (χ1v) is 7.26. The Labute approximate surface area is 111 Å². The molecule has 18 heavy (non-hydrogen) atoms. The highest BCUT2D eigenvalue weighted by Crippen LogP contribution is 2.22. The molecule has 0 spiro atoms. The van der Waals surface area contributed by atoms with E-state index in [9.17, 15) is 4.79 Å². The Balaban J connectivity index is 2.77. The van der Waals surface area contributed by atoms with Crippen LogP contribution in [0.15, 0.2) is 0 Å². The van der Waals surface area contributed by atoms with E-state index in [0.29, 0.717) is 6.61 Å². The number of hydrogen-bond acceptors (Lipinski definition) is 3. The first kappa shape index (κ1) is 15.4. The van der Waals surface area contributed by atoms with Crippen molar-refractivity contribution in [3.8, 4) is 0 Å². The maximum absolute atomic E-state index is 12.5. The largest absolute Gasteiger partial charge is 0.383 e. The number of nitrogens with one attached hydrogen (secondary N) is 1. The third kappa shape index (κ3) is 3.45. The Morgan fingerprint density at radius 2 is 2.06 bits per heavy atom. The van der Waals surface area contributed by atoms with E-state index in [1.807, 2.05) is 4.90 Å². The lowest BCUT2D eigenvalue weighted by molar-refractivity contribution is -0.133. The summed E-state index contributed by atoms with van der Waals surface area (Å²) in [5.41, 5.74) is 0. The molecule has 0 aromatic carbocycles. The van der Waals surface area contributed by atoms with E-state index in [4.69, 9.17) is 4.74 Å². The van der Waals surface area contributed by atoms with E-state index in [2.05, 4.69) is 26.1 Å². The highest BCUT2D eigenvalue weighted by molar-refractivity contribution is 5.84. The van der Waals surface area contributed by atoms with Crippen LogP contribution < -0.4 is 5.32 Å². The molecule has 0 aromatic heterocycles. The molecule has 1 amide bonds. The van der Waals surface area contributed by atoms with Crippen molar-refractivity contribution in [3.63, 3.8) is 0 Å². The number of rotatable bonds is 8. The number of carbonyl (C=O) groups is 1. The van der Waals surface area contributed by atoms with Gasteiger partial charge in [0.25, 0.3) is 0 Å². The lowest BCUT2D eigenvalue weighted by Crippen LogP contribution is -2.46. The summed E-state index contributed by atoms with van der Waals surface area (Å²) in [6, 6.07) is 0.225. The second kappa shape index (κ2) is 7.74. The maximum Gasteiger partial charge on any atom is 0.241 e. The van der Waals surface area contributed by atoms with Crippen LogP contribution in [0, 0.1) is 0 Å². The summed E-state index contributed by atoms with van der Waals surface area (Å²) in [5.74, 6) is 0.263. The molecule has 1 aliphatic rings. The van der Waals surface area contributed by atoms with Crippen LogP contribution in [0.2, 0.25) is 0 Å². The van der Waals surface area contributed by atoms with Crippen LogP contribution in [-0.4, -0.2) is 42.8 Å². The van der Waals surface area contributed by atoms with Gasteiger partial charge in [-0.05, 0) is 19.3 Å². The Bertz CT molecular complexity index is 252. The molecule has 4 heteroatoms. The van der Waals surface area contributed by atoms with Gasteiger partial charge in [0.15, 0.2) is 0 Å². The topological polar surface area (TPSA) is 41.6 Å². The molecule has 0 radical (unpaired) electrons. The van der Waals surface area contributed by atoms with Crippen molar-refractivity contribution in [3.05, 3.63) is 0 Å². The molecule has 1 heterocycles. The van der Waals surface area contributed by atoms with E-state index >= 15 is 0 Å². The van der Waals surface area contributed by atoms with Crippen LogP contribution in [0.3, 0.4) is 0 Å². The van der Waals surface area contributed by atoms with E-state index in [-0.39, 0.29) is 24.2 Å². The third-order valence-electron chi connectivity index (χ3n) is 3.62. The SMILES string of the molecule is CCCC1NC(CC)N(C(CCC)COC)C1=O. The lowest BCUT2D eigenvalue weighted by Gasteiger charge is -2.31. The van der Waals surface area contributed by atoms with Gasteiger partial charge < -0.3 is 9.64 Å². The molecule has 3 unspecified atom stereocenters. The summed E-state index contributed by atoms with van der Waals surface area (Å²) >= 11 is 0. The van der Waals surface area contributed by atoms with Gasteiger partial charge in [0.05, 0.1) is 24.9 Å². The van der Waals surface area contributed by atoms with Crippen LogP contribution in [0.4, 0.5) is 0 Å². The van der Waals surface area contributed by atoms with Crippen LogP contribution in [0.5, 0.6) is 0 Å². The van der Waals surface area contributed by atoms with Crippen molar-refractivity contribution in [2.24, 2.45) is 0 Å². The number of amides is 1. The molecule has 1 fully saturated rings. The smallest absolute Gasteiger partial charge is 0.241 e. The van der Waals surface area contributed by atoms with Crippen molar-refractivity contribution in [1.29, 1.82) is 0 Å². The van der Waals surface area contributed by atoms with Crippen molar-refractivity contribution < 1.29 is 9.53 Å². The van der Waals surface area contributed by atoms with Crippen molar-refractivity contribution in [2.75, 3.05) is 13.7 Å². The van der Waals surface area contributed by atoms with E-state index in [1.54, 1.807) is 7.11 Å². The van der Waals surface area contributed by atoms with Crippen LogP contribution in [-0.2, 0) is 9.53 Å². The van der Waals surface area contributed by atoms with E-state index in [0.717, 1.165) is 32.1 Å². The van der Waals surface area contributed by atoms with Gasteiger partial charge in [-0.2, -0.15) is 0 Å². The monoisotopic (exact) mass is 256 g/mol. The number of hydrogen-bond donors (Lipinski definition) is 1. The minimum atomic E-state index is 0.0103. The zero-order chi connectivity index (χ0) is 13.5. The molecule has 0 aliphatic carbocycles. The maximum atomic E-state index is 12.5. The first-order chi connectivity index (χ1) is 8.69. The van der Waals surface area contributed by atoms with Gasteiger partial charge in [-0.3, -0.25) is 10.1 Å². The molecule has 0 bridgehead atoms. The summed E-state index contributed by atoms with van der Waals surface area (Å²) in [6.07, 6.45) is 5.19. The predicted octanol–water partition coefficient (Wildman–Crippen LogP) is 2.14. The van der Waals surface area contributed by atoms with Gasteiger partial charge >= 0.3 is 0 Å². The molecule has 1 N–H and O–H groups in total. The molecular formula is C14H28N2O2. The average molecular weight is 256 g/mol. The van der Waals surface area contributed by atoms with E-state index in [1.165, 1.54) is 0 Å². The molecular weight excluding hydrogens is 228 g/mol. The summed E-state index contributed by atoms with van der Waals surface area (Å²) in [4.78, 5) is 14.5. The summed E-state index contributed by atoms with van der Waals surface area (Å²) in [7, 11) is 1.71. The predicted molar refractivity (Wildman–Crippen MR) is 73.3 cm³/mol.